The molecule has 28 heavy (non-hydrogen) atoms. The Morgan fingerprint density at radius 3 is 2.89 bits per heavy atom. The molecule has 1 amide bonds. The fraction of sp³-hybridized carbons (Fsp3) is 0.158. The second kappa shape index (κ2) is 8.85. The van der Waals surface area contributed by atoms with Gasteiger partial charge < -0.3 is 14.6 Å². The van der Waals surface area contributed by atoms with Gasteiger partial charge in [0, 0.05) is 29.5 Å². The van der Waals surface area contributed by atoms with Crippen LogP contribution in [0.2, 0.25) is 0 Å². The highest BCUT2D eigenvalue weighted by atomic mass is 19.1. The van der Waals surface area contributed by atoms with Crippen LogP contribution in [-0.4, -0.2) is 27.6 Å². The quantitative estimate of drug-likeness (QED) is 0.628. The lowest BCUT2D eigenvalue weighted by Crippen LogP contribution is -2.20. The number of carbonyl (C=O) groups excluding carboxylic acids is 1. The monoisotopic (exact) mass is 386 g/mol. The molecule has 0 atom stereocenters. The largest absolute Gasteiger partial charge is 0.478 e. The number of hydrogen-bond acceptors (Lipinski definition) is 6. The van der Waals surface area contributed by atoms with E-state index in [4.69, 9.17) is 9.26 Å². The van der Waals surface area contributed by atoms with E-state index in [0.717, 1.165) is 24.3 Å². The summed E-state index contributed by atoms with van der Waals surface area (Å²) >= 11 is 0. The molecular formula is C19H16F2N4O3. The van der Waals surface area contributed by atoms with E-state index in [1.54, 1.807) is 18.3 Å². The van der Waals surface area contributed by atoms with E-state index in [1.165, 1.54) is 6.08 Å². The Labute approximate surface area is 159 Å². The Morgan fingerprint density at radius 1 is 1.29 bits per heavy atom. The minimum absolute atomic E-state index is 0.0216. The number of aromatic nitrogens is 3. The van der Waals surface area contributed by atoms with Crippen molar-refractivity contribution in [2.75, 3.05) is 6.61 Å². The molecule has 1 N–H and O–H groups in total. The summed E-state index contributed by atoms with van der Waals surface area (Å²) < 4.78 is 36.9. The van der Waals surface area contributed by atoms with Gasteiger partial charge in [-0.25, -0.2) is 13.8 Å². The number of nitrogens with zero attached hydrogens (tertiary/aromatic N) is 3. The van der Waals surface area contributed by atoms with Gasteiger partial charge in [0.05, 0.1) is 13.2 Å². The standard InChI is InChI=1S/C19H16F2N4O3/c1-2-27-17-8-4-13(10-23-17)19-24-18(28-25-19)11-22-16(26)7-3-12-9-14(20)5-6-15(12)21/h3-10H,2,11H2,1H3,(H,22,26)/b7-3+. The van der Waals surface area contributed by atoms with Crippen molar-refractivity contribution in [3.8, 4) is 17.3 Å². The van der Waals surface area contributed by atoms with Crippen molar-refractivity contribution in [3.63, 3.8) is 0 Å². The van der Waals surface area contributed by atoms with E-state index in [9.17, 15) is 13.6 Å². The average molecular weight is 386 g/mol. The molecule has 0 spiro atoms. The molecule has 0 fully saturated rings. The zero-order valence-corrected chi connectivity index (χ0v) is 14.9. The lowest BCUT2D eigenvalue weighted by molar-refractivity contribution is -0.116. The van der Waals surface area contributed by atoms with Crippen LogP contribution in [0.3, 0.4) is 0 Å². The molecule has 3 rings (SSSR count). The summed E-state index contributed by atoms with van der Waals surface area (Å²) in [6, 6.07) is 6.41. The number of halogens is 2. The summed E-state index contributed by atoms with van der Waals surface area (Å²) in [6.45, 7) is 2.35. The summed E-state index contributed by atoms with van der Waals surface area (Å²) in [7, 11) is 0. The first-order valence-corrected chi connectivity index (χ1v) is 8.38. The molecular weight excluding hydrogens is 370 g/mol. The van der Waals surface area contributed by atoms with E-state index >= 15 is 0 Å². The molecule has 9 heteroatoms. The van der Waals surface area contributed by atoms with Crippen LogP contribution >= 0.6 is 0 Å². The maximum atomic E-state index is 13.5. The predicted octanol–water partition coefficient (Wildman–Crippen LogP) is 3.14. The maximum Gasteiger partial charge on any atom is 0.246 e. The summed E-state index contributed by atoms with van der Waals surface area (Å²) in [6.07, 6.45) is 3.82. The molecule has 7 nitrogen and oxygen atoms in total. The van der Waals surface area contributed by atoms with Crippen molar-refractivity contribution in [3.05, 3.63) is 65.7 Å². The van der Waals surface area contributed by atoms with Crippen LogP contribution in [0, 0.1) is 11.6 Å². The number of hydrogen-bond donors (Lipinski definition) is 1. The SMILES string of the molecule is CCOc1ccc(-c2noc(CNC(=O)/C=C/c3cc(F)ccc3F)n2)cn1. The number of amides is 1. The zero-order valence-electron chi connectivity index (χ0n) is 14.9. The van der Waals surface area contributed by atoms with Crippen molar-refractivity contribution < 1.29 is 22.8 Å². The van der Waals surface area contributed by atoms with Crippen molar-refractivity contribution in [1.29, 1.82) is 0 Å². The Kier molecular flexibility index (Phi) is 6.05. The third kappa shape index (κ3) is 4.97. The molecule has 3 aromatic rings. The minimum Gasteiger partial charge on any atom is -0.478 e. The molecule has 0 bridgehead atoms. The lowest BCUT2D eigenvalue weighted by Gasteiger charge is -2.00. The van der Waals surface area contributed by atoms with Crippen molar-refractivity contribution in [1.82, 2.24) is 20.4 Å². The Bertz CT molecular complexity index is 987. The van der Waals surface area contributed by atoms with Gasteiger partial charge in [0.15, 0.2) is 0 Å². The van der Waals surface area contributed by atoms with Gasteiger partial charge in [0.25, 0.3) is 0 Å². The van der Waals surface area contributed by atoms with Gasteiger partial charge in [-0.2, -0.15) is 4.98 Å². The predicted molar refractivity (Wildman–Crippen MR) is 95.9 cm³/mol. The highest BCUT2D eigenvalue weighted by molar-refractivity contribution is 5.91. The van der Waals surface area contributed by atoms with Crippen molar-refractivity contribution in [2.45, 2.75) is 13.5 Å². The van der Waals surface area contributed by atoms with Gasteiger partial charge in [-0.15, -0.1) is 0 Å². The molecule has 0 aliphatic heterocycles. The highest BCUT2D eigenvalue weighted by Gasteiger charge is 2.10. The van der Waals surface area contributed by atoms with Gasteiger partial charge in [-0.1, -0.05) is 5.16 Å². The fourth-order valence-corrected chi connectivity index (χ4v) is 2.22. The molecule has 0 aliphatic rings. The molecule has 0 saturated carbocycles. The summed E-state index contributed by atoms with van der Waals surface area (Å²) in [4.78, 5) is 20.1. The molecule has 2 heterocycles. The minimum atomic E-state index is -0.629. The van der Waals surface area contributed by atoms with Gasteiger partial charge in [-0.3, -0.25) is 4.79 Å². The van der Waals surface area contributed by atoms with Crippen LogP contribution in [0.1, 0.15) is 18.4 Å². The Morgan fingerprint density at radius 2 is 2.14 bits per heavy atom. The second-order valence-electron chi connectivity index (χ2n) is 5.55. The number of pyridine rings is 1. The number of ether oxygens (including phenoxy) is 1. The van der Waals surface area contributed by atoms with E-state index < -0.39 is 17.5 Å². The fourth-order valence-electron chi connectivity index (χ4n) is 2.22. The molecule has 1 aromatic carbocycles. The van der Waals surface area contributed by atoms with Gasteiger partial charge in [0.2, 0.25) is 23.5 Å². The Hall–Kier alpha value is -3.62. The molecule has 2 aromatic heterocycles. The normalized spacial score (nSPS) is 11.0. The third-order valence-corrected chi connectivity index (χ3v) is 3.54. The van der Waals surface area contributed by atoms with E-state index in [1.807, 2.05) is 6.92 Å². The molecule has 0 radical (unpaired) electrons. The van der Waals surface area contributed by atoms with Crippen molar-refractivity contribution >= 4 is 12.0 Å². The van der Waals surface area contributed by atoms with E-state index in [2.05, 4.69) is 20.4 Å². The first kappa shape index (κ1) is 19.2. The molecule has 144 valence electrons. The van der Waals surface area contributed by atoms with Crippen LogP contribution in [0.5, 0.6) is 5.88 Å². The van der Waals surface area contributed by atoms with Crippen molar-refractivity contribution in [2.24, 2.45) is 0 Å². The van der Waals surface area contributed by atoms with Crippen LogP contribution < -0.4 is 10.1 Å². The van der Waals surface area contributed by atoms with Crippen LogP contribution in [0.15, 0.2) is 47.1 Å². The van der Waals surface area contributed by atoms with Crippen LogP contribution in [0.4, 0.5) is 8.78 Å². The first-order valence-electron chi connectivity index (χ1n) is 8.38. The third-order valence-electron chi connectivity index (χ3n) is 3.54. The summed E-state index contributed by atoms with van der Waals surface area (Å²) in [5.41, 5.74) is 0.601. The van der Waals surface area contributed by atoms with Crippen LogP contribution in [-0.2, 0) is 11.3 Å². The molecule has 0 unspecified atom stereocenters. The summed E-state index contributed by atoms with van der Waals surface area (Å²) in [5.74, 6) is -0.755. The zero-order chi connectivity index (χ0) is 19.9. The number of carbonyl (C=O) groups is 1. The van der Waals surface area contributed by atoms with Gasteiger partial charge in [-0.05, 0) is 37.3 Å². The summed E-state index contributed by atoms with van der Waals surface area (Å²) in [5, 5.41) is 6.35. The van der Waals surface area contributed by atoms with E-state index in [-0.39, 0.29) is 18.0 Å². The highest BCUT2D eigenvalue weighted by Crippen LogP contribution is 2.17. The second-order valence-corrected chi connectivity index (χ2v) is 5.55. The molecule has 0 aliphatic carbocycles. The van der Waals surface area contributed by atoms with Crippen LogP contribution in [0.25, 0.3) is 17.5 Å². The number of rotatable bonds is 7. The first-order chi connectivity index (χ1) is 13.5. The maximum absolute atomic E-state index is 13.5. The number of benzene rings is 1. The van der Waals surface area contributed by atoms with Gasteiger partial charge in [0.1, 0.15) is 11.6 Å². The van der Waals surface area contributed by atoms with E-state index in [0.29, 0.717) is 23.9 Å². The van der Waals surface area contributed by atoms with Gasteiger partial charge >= 0.3 is 0 Å². The number of nitrogens with one attached hydrogen (secondary N) is 1. The molecule has 0 saturated heterocycles. The topological polar surface area (TPSA) is 90.1 Å². The lowest BCUT2D eigenvalue weighted by atomic mass is 10.2. The Balaban J connectivity index is 1.57. The average Bonchev–Trinajstić information content (AvgIpc) is 3.17. The smallest absolute Gasteiger partial charge is 0.246 e.